The molecule has 2 aromatic carbocycles. The Bertz CT molecular complexity index is 1280. The Kier molecular flexibility index (Phi) is 9.49. The van der Waals surface area contributed by atoms with E-state index in [1.54, 1.807) is 0 Å². The molecule has 0 unspecified atom stereocenters. The Balaban J connectivity index is 1.71. The number of sulfonamides is 1. The molecule has 3 aromatic rings. The number of anilines is 1. The van der Waals surface area contributed by atoms with Gasteiger partial charge in [0, 0.05) is 24.5 Å². The van der Waals surface area contributed by atoms with Crippen molar-refractivity contribution >= 4 is 32.4 Å². The molecule has 0 saturated carbocycles. The fourth-order valence-corrected chi connectivity index (χ4v) is 5.10. The molecule has 0 aliphatic carbocycles. The van der Waals surface area contributed by atoms with Gasteiger partial charge in [-0.2, -0.15) is 0 Å². The van der Waals surface area contributed by atoms with Crippen LogP contribution in [0.5, 0.6) is 0 Å². The third-order valence-electron chi connectivity index (χ3n) is 5.25. The van der Waals surface area contributed by atoms with E-state index < -0.39 is 39.7 Å². The van der Waals surface area contributed by atoms with E-state index in [0.29, 0.717) is 6.54 Å². The highest BCUT2D eigenvalue weighted by Crippen LogP contribution is 2.17. The quantitative estimate of drug-likeness (QED) is 0.282. The van der Waals surface area contributed by atoms with Gasteiger partial charge in [-0.05, 0) is 41.7 Å². The third-order valence-corrected chi connectivity index (χ3v) is 6.70. The van der Waals surface area contributed by atoms with Gasteiger partial charge in [0.2, 0.25) is 10.0 Å². The maximum absolute atomic E-state index is 13.7. The van der Waals surface area contributed by atoms with Crippen molar-refractivity contribution in [3.8, 4) is 0 Å². The Morgan fingerprint density at radius 1 is 1.11 bits per heavy atom. The fourth-order valence-electron chi connectivity index (χ4n) is 3.56. The van der Waals surface area contributed by atoms with Crippen molar-refractivity contribution in [2.24, 2.45) is 0 Å². The largest absolute Gasteiger partial charge is 0.390 e. The second-order valence-electron chi connectivity index (χ2n) is 8.35. The summed E-state index contributed by atoms with van der Waals surface area (Å²) in [5, 5.41) is 18.1. The van der Waals surface area contributed by atoms with Crippen molar-refractivity contribution in [1.29, 1.82) is 0 Å². The number of hydrogen-bond donors (Lipinski definition) is 4. The number of nitrogens with one attached hydrogen (secondary N) is 3. The van der Waals surface area contributed by atoms with Gasteiger partial charge in [-0.25, -0.2) is 22.2 Å². The molecule has 194 valence electrons. The summed E-state index contributed by atoms with van der Waals surface area (Å²) in [6.07, 6.45) is 0.700. The van der Waals surface area contributed by atoms with E-state index in [4.69, 9.17) is 0 Å². The number of carbonyl (C=O) groups is 1. The van der Waals surface area contributed by atoms with Crippen LogP contribution in [0.4, 0.5) is 13.9 Å². The van der Waals surface area contributed by atoms with Gasteiger partial charge < -0.3 is 15.7 Å². The summed E-state index contributed by atoms with van der Waals surface area (Å²) in [5.74, 6) is -2.20. The minimum absolute atomic E-state index is 0.0166. The van der Waals surface area contributed by atoms with Crippen LogP contribution in [-0.2, 0) is 29.4 Å². The topological polar surface area (TPSA) is 120 Å². The van der Waals surface area contributed by atoms with E-state index >= 15 is 0 Å². The van der Waals surface area contributed by atoms with Gasteiger partial charge >= 0.3 is 0 Å². The minimum atomic E-state index is -3.57. The van der Waals surface area contributed by atoms with Crippen LogP contribution in [0, 0.1) is 11.6 Å². The number of benzene rings is 2. The molecule has 1 aromatic heterocycles. The molecule has 0 saturated heterocycles. The molecule has 0 aliphatic heterocycles. The summed E-state index contributed by atoms with van der Waals surface area (Å²) in [6.45, 7) is 2.63. The first kappa shape index (κ1) is 27.7. The van der Waals surface area contributed by atoms with Gasteiger partial charge in [0.1, 0.15) is 17.3 Å². The van der Waals surface area contributed by atoms with Crippen LogP contribution in [0.25, 0.3) is 0 Å². The lowest BCUT2D eigenvalue weighted by atomic mass is 10.00. The van der Waals surface area contributed by atoms with Crippen LogP contribution >= 0.6 is 11.3 Å². The number of thiazole rings is 1. The molecular formula is C24H28F2N4O4S2. The zero-order chi connectivity index (χ0) is 26.3. The number of hydrogen-bond acceptors (Lipinski definition) is 7. The lowest BCUT2D eigenvalue weighted by molar-refractivity contribution is 0.0826. The molecule has 8 nitrogen and oxygen atoms in total. The molecule has 0 fully saturated rings. The number of rotatable bonds is 12. The maximum Gasteiger partial charge on any atom is 0.271 e. The number of amides is 1. The van der Waals surface area contributed by atoms with Crippen molar-refractivity contribution in [1.82, 2.24) is 15.6 Å². The molecule has 4 N–H and O–H groups in total. The lowest BCUT2D eigenvalue weighted by Crippen LogP contribution is -2.48. The van der Waals surface area contributed by atoms with E-state index in [9.17, 15) is 27.1 Å². The smallest absolute Gasteiger partial charge is 0.271 e. The average molecular weight is 539 g/mol. The van der Waals surface area contributed by atoms with Crippen molar-refractivity contribution in [3.63, 3.8) is 0 Å². The summed E-state index contributed by atoms with van der Waals surface area (Å²) in [5.41, 5.74) is 2.41. The predicted molar refractivity (Wildman–Crippen MR) is 135 cm³/mol. The molecular weight excluding hydrogens is 510 g/mol. The summed E-state index contributed by atoms with van der Waals surface area (Å²) < 4.78 is 52.4. The molecule has 3 rings (SSSR count). The lowest BCUT2D eigenvalue weighted by Gasteiger charge is -2.24. The van der Waals surface area contributed by atoms with E-state index in [1.165, 1.54) is 10.9 Å². The first-order chi connectivity index (χ1) is 17.0. The molecule has 0 aliphatic rings. The number of aryl methyl sites for hydroxylation is 1. The second-order valence-corrected chi connectivity index (χ2v) is 11.0. The molecule has 1 amide bonds. The summed E-state index contributed by atoms with van der Waals surface area (Å²) in [6, 6.07) is 10.1. The SMILES string of the molecule is CCc1cccc(CNC[C@H](O)[C@H](Cc2cc(F)cc(F)c2)NC(=O)c2csc(NS(C)(=O)=O)n2)c1. The van der Waals surface area contributed by atoms with E-state index in [0.717, 1.165) is 47.8 Å². The second kappa shape index (κ2) is 12.3. The molecule has 36 heavy (non-hydrogen) atoms. The van der Waals surface area contributed by atoms with Gasteiger partial charge in [0.05, 0.1) is 18.4 Å². The van der Waals surface area contributed by atoms with Gasteiger partial charge in [0.25, 0.3) is 5.91 Å². The van der Waals surface area contributed by atoms with Crippen LogP contribution in [0.1, 0.15) is 34.1 Å². The molecule has 0 spiro atoms. The normalized spacial score (nSPS) is 13.2. The van der Waals surface area contributed by atoms with Crippen LogP contribution in [0.2, 0.25) is 0 Å². The monoisotopic (exact) mass is 538 g/mol. The fraction of sp³-hybridized carbons (Fsp3) is 0.333. The molecule has 0 radical (unpaired) electrons. The van der Waals surface area contributed by atoms with Crippen molar-refractivity contribution in [3.05, 3.63) is 81.9 Å². The minimum Gasteiger partial charge on any atom is -0.390 e. The molecule has 12 heteroatoms. The van der Waals surface area contributed by atoms with Gasteiger partial charge in [-0.1, -0.05) is 31.2 Å². The highest BCUT2D eigenvalue weighted by Gasteiger charge is 2.24. The highest BCUT2D eigenvalue weighted by atomic mass is 32.2. The molecule has 1 heterocycles. The predicted octanol–water partition coefficient (Wildman–Crippen LogP) is 2.85. The van der Waals surface area contributed by atoms with Crippen LogP contribution in [-0.4, -0.2) is 49.4 Å². The zero-order valence-electron chi connectivity index (χ0n) is 19.8. The standard InChI is InChI=1S/C24H28F2N4O4S2/c1-3-15-5-4-6-16(7-15)12-27-13-22(31)20(10-17-8-18(25)11-19(26)9-17)28-23(32)21-14-35-24(29-21)30-36(2,33)34/h4-9,11,14,20,22,27,31H,3,10,12-13H2,1-2H3,(H,28,32)(H,29,30)/t20-,22-/m0/s1. The number of nitrogens with zero attached hydrogens (tertiary/aromatic N) is 1. The Morgan fingerprint density at radius 3 is 2.47 bits per heavy atom. The third kappa shape index (κ3) is 8.63. The Labute approximate surface area is 212 Å². The van der Waals surface area contributed by atoms with E-state index in [1.807, 2.05) is 18.2 Å². The van der Waals surface area contributed by atoms with Crippen molar-refractivity contribution in [2.45, 2.75) is 38.5 Å². The van der Waals surface area contributed by atoms with Gasteiger partial charge in [0.15, 0.2) is 5.13 Å². The Morgan fingerprint density at radius 2 is 1.81 bits per heavy atom. The molecule has 2 atom stereocenters. The molecule has 0 bridgehead atoms. The highest BCUT2D eigenvalue weighted by molar-refractivity contribution is 7.92. The zero-order valence-corrected chi connectivity index (χ0v) is 21.4. The average Bonchev–Trinajstić information content (AvgIpc) is 3.25. The first-order valence-corrected chi connectivity index (χ1v) is 13.9. The van der Waals surface area contributed by atoms with Gasteiger partial charge in [-0.3, -0.25) is 9.52 Å². The number of aliphatic hydroxyl groups excluding tert-OH is 1. The van der Waals surface area contributed by atoms with E-state index in [2.05, 4.69) is 33.3 Å². The van der Waals surface area contributed by atoms with E-state index in [-0.39, 0.29) is 29.4 Å². The van der Waals surface area contributed by atoms with Gasteiger partial charge in [-0.15, -0.1) is 11.3 Å². The van der Waals surface area contributed by atoms with Crippen molar-refractivity contribution in [2.75, 3.05) is 17.5 Å². The Hall–Kier alpha value is -2.93. The maximum atomic E-state index is 13.7. The first-order valence-electron chi connectivity index (χ1n) is 11.2. The number of carbonyl (C=O) groups excluding carboxylic acids is 1. The van der Waals surface area contributed by atoms with Crippen LogP contribution in [0.3, 0.4) is 0 Å². The summed E-state index contributed by atoms with van der Waals surface area (Å²) in [7, 11) is -3.57. The number of aliphatic hydroxyl groups is 1. The summed E-state index contributed by atoms with van der Waals surface area (Å²) >= 11 is 0.926. The number of aromatic nitrogens is 1. The number of halogens is 2. The van der Waals surface area contributed by atoms with Crippen LogP contribution < -0.4 is 15.4 Å². The van der Waals surface area contributed by atoms with Crippen LogP contribution in [0.15, 0.2) is 47.8 Å². The van der Waals surface area contributed by atoms with Crippen molar-refractivity contribution < 1.29 is 27.1 Å². The summed E-state index contributed by atoms with van der Waals surface area (Å²) in [4.78, 5) is 16.8.